The van der Waals surface area contributed by atoms with Crippen LogP contribution < -0.4 is 0 Å². The lowest BCUT2D eigenvalue weighted by Gasteiger charge is -2.10. The molecule has 1 aromatic rings. The quantitative estimate of drug-likeness (QED) is 0.612. The maximum absolute atomic E-state index is 9.19. The summed E-state index contributed by atoms with van der Waals surface area (Å²) in [5.74, 6) is 0.311. The molecule has 1 N–H and O–H groups in total. The van der Waals surface area contributed by atoms with Crippen LogP contribution in [0.15, 0.2) is 24.3 Å². The van der Waals surface area contributed by atoms with Crippen LogP contribution in [0.5, 0.6) is 5.75 Å². The van der Waals surface area contributed by atoms with E-state index in [0.717, 1.165) is 16.8 Å². The summed E-state index contributed by atoms with van der Waals surface area (Å²) >= 11 is 5.07. The first-order valence-corrected chi connectivity index (χ1v) is 4.19. The number of aromatic hydroxyl groups is 1. The van der Waals surface area contributed by atoms with Gasteiger partial charge in [-0.1, -0.05) is 24.4 Å². The summed E-state index contributed by atoms with van der Waals surface area (Å²) in [6.45, 7) is 0. The molecule has 0 saturated carbocycles. The average molecular weight is 176 g/mol. The van der Waals surface area contributed by atoms with E-state index in [0.29, 0.717) is 5.75 Å². The normalized spacial score (nSPS) is 14.5. The van der Waals surface area contributed by atoms with Gasteiger partial charge in [0.05, 0.1) is 0 Å². The molecule has 0 saturated heterocycles. The van der Waals surface area contributed by atoms with Gasteiger partial charge in [-0.3, -0.25) is 0 Å². The molecular formula is C10H8OS. The van der Waals surface area contributed by atoms with Crippen molar-refractivity contribution in [1.29, 1.82) is 0 Å². The predicted molar refractivity (Wildman–Crippen MR) is 53.4 cm³/mol. The smallest absolute Gasteiger partial charge is 0.116 e. The minimum Gasteiger partial charge on any atom is -0.508 e. The lowest BCUT2D eigenvalue weighted by molar-refractivity contribution is 0.475. The number of benzene rings is 1. The highest BCUT2D eigenvalue weighted by atomic mass is 32.1. The highest BCUT2D eigenvalue weighted by Gasteiger charge is 2.07. The topological polar surface area (TPSA) is 20.2 Å². The molecule has 1 nitrogen and oxygen atoms in total. The largest absolute Gasteiger partial charge is 0.508 e. The molecule has 0 unspecified atom stereocenters. The van der Waals surface area contributed by atoms with Crippen LogP contribution in [0.3, 0.4) is 0 Å². The minimum atomic E-state index is 0.311. The van der Waals surface area contributed by atoms with E-state index < -0.39 is 0 Å². The molecule has 0 bridgehead atoms. The van der Waals surface area contributed by atoms with Crippen LogP contribution in [0, 0.1) is 0 Å². The SMILES string of the molecule is Oc1ccc2c(c1)C=CC(=S)C2. The Balaban J connectivity index is 2.54. The lowest BCUT2D eigenvalue weighted by Crippen LogP contribution is -2.02. The Morgan fingerprint density at radius 3 is 2.92 bits per heavy atom. The molecular weight excluding hydrogens is 168 g/mol. The first kappa shape index (κ1) is 7.50. The van der Waals surface area contributed by atoms with E-state index in [4.69, 9.17) is 12.2 Å². The second-order valence-electron chi connectivity index (χ2n) is 2.86. The first-order chi connectivity index (χ1) is 5.75. The van der Waals surface area contributed by atoms with Crippen molar-refractivity contribution >= 4 is 23.2 Å². The Hall–Kier alpha value is -1.15. The molecule has 1 aliphatic rings. The number of hydrogen-bond acceptors (Lipinski definition) is 2. The Morgan fingerprint density at radius 2 is 2.08 bits per heavy atom. The van der Waals surface area contributed by atoms with Gasteiger partial charge in [-0.25, -0.2) is 0 Å². The summed E-state index contributed by atoms with van der Waals surface area (Å²) in [5, 5.41) is 9.19. The van der Waals surface area contributed by atoms with Crippen molar-refractivity contribution in [3.8, 4) is 5.75 Å². The van der Waals surface area contributed by atoms with Crippen molar-refractivity contribution in [3.63, 3.8) is 0 Å². The average Bonchev–Trinajstić information content (AvgIpc) is 2.05. The van der Waals surface area contributed by atoms with E-state index in [1.165, 1.54) is 5.56 Å². The van der Waals surface area contributed by atoms with Gasteiger partial charge in [-0.2, -0.15) is 0 Å². The summed E-state index contributed by atoms with van der Waals surface area (Å²) < 4.78 is 0. The standard InChI is InChI=1S/C10H8OS/c11-9-3-1-8-6-10(12)4-2-7(8)5-9/h1-5,11H,6H2. The molecule has 0 amide bonds. The molecule has 0 aromatic heterocycles. The molecule has 1 aliphatic carbocycles. The molecule has 1 aromatic carbocycles. The van der Waals surface area contributed by atoms with Gasteiger partial charge in [-0.15, -0.1) is 0 Å². The number of fused-ring (bicyclic) bond motifs is 1. The van der Waals surface area contributed by atoms with Crippen molar-refractivity contribution in [2.75, 3.05) is 0 Å². The van der Waals surface area contributed by atoms with Gasteiger partial charge in [0.25, 0.3) is 0 Å². The zero-order valence-electron chi connectivity index (χ0n) is 6.45. The van der Waals surface area contributed by atoms with E-state index >= 15 is 0 Å². The lowest BCUT2D eigenvalue weighted by atomic mass is 9.97. The molecule has 12 heavy (non-hydrogen) atoms. The minimum absolute atomic E-state index is 0.311. The van der Waals surface area contributed by atoms with Gasteiger partial charge in [0.2, 0.25) is 0 Å². The van der Waals surface area contributed by atoms with E-state index in [-0.39, 0.29) is 0 Å². The summed E-state index contributed by atoms with van der Waals surface area (Å²) in [6.07, 6.45) is 4.68. The molecule has 0 aliphatic heterocycles. The number of phenols is 1. The zero-order chi connectivity index (χ0) is 8.55. The van der Waals surface area contributed by atoms with Gasteiger partial charge >= 0.3 is 0 Å². The van der Waals surface area contributed by atoms with Gasteiger partial charge in [0.15, 0.2) is 0 Å². The maximum atomic E-state index is 9.19. The maximum Gasteiger partial charge on any atom is 0.116 e. The van der Waals surface area contributed by atoms with E-state index in [9.17, 15) is 5.11 Å². The van der Waals surface area contributed by atoms with Gasteiger partial charge in [0, 0.05) is 11.3 Å². The molecule has 2 rings (SSSR count). The number of allylic oxidation sites excluding steroid dienone is 1. The van der Waals surface area contributed by atoms with Crippen molar-refractivity contribution in [1.82, 2.24) is 0 Å². The van der Waals surface area contributed by atoms with Crippen molar-refractivity contribution in [3.05, 3.63) is 35.4 Å². The van der Waals surface area contributed by atoms with Crippen molar-refractivity contribution < 1.29 is 5.11 Å². The Kier molecular flexibility index (Phi) is 1.70. The third kappa shape index (κ3) is 1.25. The summed E-state index contributed by atoms with van der Waals surface area (Å²) in [6, 6.07) is 5.37. The highest BCUT2D eigenvalue weighted by molar-refractivity contribution is 7.80. The number of rotatable bonds is 0. The van der Waals surface area contributed by atoms with Crippen molar-refractivity contribution in [2.45, 2.75) is 6.42 Å². The van der Waals surface area contributed by atoms with Crippen LogP contribution in [0.1, 0.15) is 11.1 Å². The van der Waals surface area contributed by atoms with Crippen LogP contribution in [-0.4, -0.2) is 9.97 Å². The summed E-state index contributed by atoms with van der Waals surface area (Å²) in [5.41, 5.74) is 2.27. The fourth-order valence-electron chi connectivity index (χ4n) is 1.33. The second-order valence-corrected chi connectivity index (χ2v) is 3.38. The first-order valence-electron chi connectivity index (χ1n) is 3.78. The van der Waals surface area contributed by atoms with Crippen LogP contribution in [0.4, 0.5) is 0 Å². The molecule has 60 valence electrons. The second kappa shape index (κ2) is 2.72. The third-order valence-electron chi connectivity index (χ3n) is 1.94. The fraction of sp³-hybridized carbons (Fsp3) is 0.100. The van der Waals surface area contributed by atoms with Crippen molar-refractivity contribution in [2.24, 2.45) is 0 Å². The monoisotopic (exact) mass is 176 g/mol. The molecule has 0 atom stereocenters. The Morgan fingerprint density at radius 1 is 1.25 bits per heavy atom. The summed E-state index contributed by atoms with van der Waals surface area (Å²) in [4.78, 5) is 0.952. The van der Waals surface area contributed by atoms with Crippen LogP contribution in [0.2, 0.25) is 0 Å². The Bertz CT molecular complexity index is 366. The van der Waals surface area contributed by atoms with Gasteiger partial charge in [-0.05, 0) is 29.3 Å². The van der Waals surface area contributed by atoms with Crippen LogP contribution >= 0.6 is 12.2 Å². The van der Waals surface area contributed by atoms with Crippen LogP contribution in [0.25, 0.3) is 6.08 Å². The van der Waals surface area contributed by atoms with Gasteiger partial charge in [0.1, 0.15) is 5.75 Å². The molecule has 0 fully saturated rings. The summed E-state index contributed by atoms with van der Waals surface area (Å²) in [7, 11) is 0. The van der Waals surface area contributed by atoms with Gasteiger partial charge < -0.3 is 5.11 Å². The third-order valence-corrected chi connectivity index (χ3v) is 2.22. The van der Waals surface area contributed by atoms with Crippen LogP contribution in [-0.2, 0) is 6.42 Å². The highest BCUT2D eigenvalue weighted by Crippen LogP contribution is 2.22. The number of hydrogen-bond donors (Lipinski definition) is 1. The van der Waals surface area contributed by atoms with E-state index in [2.05, 4.69) is 0 Å². The van der Waals surface area contributed by atoms with E-state index in [1.54, 1.807) is 12.1 Å². The number of phenolic OH excluding ortho intramolecular Hbond substituents is 1. The Labute approximate surface area is 76.3 Å². The molecule has 0 spiro atoms. The molecule has 0 heterocycles. The molecule has 0 radical (unpaired) electrons. The van der Waals surface area contributed by atoms with E-state index in [1.807, 2.05) is 18.2 Å². The predicted octanol–water partition coefficient (Wildman–Crippen LogP) is 2.33. The number of thiocarbonyl (C=S) groups is 1. The molecule has 2 heteroatoms. The fourth-order valence-corrected chi connectivity index (χ4v) is 1.55. The zero-order valence-corrected chi connectivity index (χ0v) is 7.27.